The van der Waals surface area contributed by atoms with Crippen LogP contribution in [0.2, 0.25) is 0 Å². The fourth-order valence-electron chi connectivity index (χ4n) is 2.91. The number of ether oxygens (including phenoxy) is 1. The van der Waals surface area contributed by atoms with E-state index in [9.17, 15) is 13.2 Å². The minimum atomic E-state index is -3.39. The highest BCUT2D eigenvalue weighted by Gasteiger charge is 2.29. The molecule has 134 valence electrons. The van der Waals surface area contributed by atoms with Gasteiger partial charge in [-0.1, -0.05) is 13.8 Å². The van der Waals surface area contributed by atoms with Crippen LogP contribution in [-0.4, -0.2) is 69.9 Å². The number of hydrogen-bond acceptors (Lipinski definition) is 6. The maximum absolute atomic E-state index is 12.6. The van der Waals surface area contributed by atoms with E-state index >= 15 is 0 Å². The number of nitrogens with zero attached hydrogens (tertiary/aromatic N) is 2. The summed E-state index contributed by atoms with van der Waals surface area (Å²) in [5.41, 5.74) is 0.235. The van der Waals surface area contributed by atoms with Crippen LogP contribution in [0, 0.1) is 0 Å². The molecule has 0 unspecified atom stereocenters. The molecular weight excluding hydrogens is 330 g/mol. The Morgan fingerprint density at radius 2 is 1.83 bits per heavy atom. The van der Waals surface area contributed by atoms with E-state index in [1.807, 2.05) is 0 Å². The van der Waals surface area contributed by atoms with Gasteiger partial charge in [0.1, 0.15) is 5.75 Å². The monoisotopic (exact) mass is 355 g/mol. The van der Waals surface area contributed by atoms with E-state index in [1.165, 1.54) is 25.3 Å². The van der Waals surface area contributed by atoms with Gasteiger partial charge >= 0.3 is 0 Å². The molecule has 1 aromatic rings. The minimum Gasteiger partial charge on any atom is -0.496 e. The van der Waals surface area contributed by atoms with E-state index in [1.54, 1.807) is 0 Å². The number of carbonyl (C=O) groups excluding carboxylic acids is 1. The molecule has 0 spiro atoms. The quantitative estimate of drug-likeness (QED) is 0.812. The Balaban J connectivity index is 2.20. The zero-order valence-electron chi connectivity index (χ0n) is 14.6. The number of carbonyl (C=O) groups is 1. The summed E-state index contributed by atoms with van der Waals surface area (Å²) >= 11 is 0. The number of nitrogens with one attached hydrogen (secondary N) is 1. The molecule has 1 aliphatic rings. The topological polar surface area (TPSA) is 79.0 Å². The van der Waals surface area contributed by atoms with Gasteiger partial charge in [-0.2, -0.15) is 0 Å². The molecule has 0 aliphatic carbocycles. The van der Waals surface area contributed by atoms with Gasteiger partial charge in [-0.05, 0) is 18.2 Å². The van der Waals surface area contributed by atoms with Crippen LogP contribution in [0.25, 0.3) is 0 Å². The first kappa shape index (κ1) is 18.7. The SMILES string of the molecule is CCN1CC(NC(=O)c2cc(S(C)(=O)=O)ccc2OC)CN1CC. The summed E-state index contributed by atoms with van der Waals surface area (Å²) in [7, 11) is -1.93. The van der Waals surface area contributed by atoms with Gasteiger partial charge in [0.25, 0.3) is 5.91 Å². The van der Waals surface area contributed by atoms with Crippen molar-refractivity contribution in [1.29, 1.82) is 0 Å². The third-order valence-corrected chi connectivity index (χ3v) is 5.28. The predicted octanol–water partition coefficient (Wildman–Crippen LogP) is 0.770. The van der Waals surface area contributed by atoms with Crippen molar-refractivity contribution >= 4 is 15.7 Å². The molecule has 1 heterocycles. The van der Waals surface area contributed by atoms with E-state index < -0.39 is 9.84 Å². The van der Waals surface area contributed by atoms with Gasteiger partial charge in [0.2, 0.25) is 0 Å². The van der Waals surface area contributed by atoms with Crippen LogP contribution in [0.1, 0.15) is 24.2 Å². The van der Waals surface area contributed by atoms with Gasteiger partial charge in [-0.25, -0.2) is 18.4 Å². The first-order valence-corrected chi connectivity index (χ1v) is 9.88. The molecule has 0 saturated carbocycles. The number of hydrogen-bond donors (Lipinski definition) is 1. The number of hydrazine groups is 1. The maximum Gasteiger partial charge on any atom is 0.255 e. The fraction of sp³-hybridized carbons (Fsp3) is 0.562. The number of benzene rings is 1. The molecule has 1 aliphatic heterocycles. The molecule has 1 fully saturated rings. The molecule has 0 radical (unpaired) electrons. The predicted molar refractivity (Wildman–Crippen MR) is 91.9 cm³/mol. The first-order valence-electron chi connectivity index (χ1n) is 7.98. The molecule has 0 bridgehead atoms. The van der Waals surface area contributed by atoms with Crippen LogP contribution in [0.15, 0.2) is 23.1 Å². The van der Waals surface area contributed by atoms with Crippen LogP contribution in [-0.2, 0) is 9.84 Å². The Morgan fingerprint density at radius 1 is 1.25 bits per heavy atom. The summed E-state index contributed by atoms with van der Waals surface area (Å²) in [6.07, 6.45) is 1.12. The van der Waals surface area contributed by atoms with Crippen molar-refractivity contribution in [2.45, 2.75) is 24.8 Å². The van der Waals surface area contributed by atoms with Gasteiger partial charge in [-0.15, -0.1) is 0 Å². The molecule has 24 heavy (non-hydrogen) atoms. The Bertz CT molecular complexity index is 693. The molecule has 8 heteroatoms. The Hall–Kier alpha value is -1.64. The van der Waals surface area contributed by atoms with E-state index in [0.717, 1.165) is 32.4 Å². The summed E-state index contributed by atoms with van der Waals surface area (Å²) in [5, 5.41) is 7.36. The molecule has 1 amide bonds. The van der Waals surface area contributed by atoms with Gasteiger partial charge in [0, 0.05) is 32.4 Å². The van der Waals surface area contributed by atoms with Crippen LogP contribution < -0.4 is 10.1 Å². The highest BCUT2D eigenvalue weighted by molar-refractivity contribution is 7.90. The third-order valence-electron chi connectivity index (χ3n) is 4.17. The summed E-state index contributed by atoms with van der Waals surface area (Å²) in [6, 6.07) is 4.31. The highest BCUT2D eigenvalue weighted by atomic mass is 32.2. The average molecular weight is 355 g/mol. The number of amides is 1. The summed E-state index contributed by atoms with van der Waals surface area (Å²) in [6.45, 7) is 7.39. The molecule has 0 aromatic heterocycles. The summed E-state index contributed by atoms with van der Waals surface area (Å²) < 4.78 is 28.7. The molecule has 1 saturated heterocycles. The second-order valence-corrected chi connectivity index (χ2v) is 7.83. The molecule has 2 rings (SSSR count). The molecule has 1 N–H and O–H groups in total. The lowest BCUT2D eigenvalue weighted by atomic mass is 10.1. The summed E-state index contributed by atoms with van der Waals surface area (Å²) in [4.78, 5) is 12.7. The maximum atomic E-state index is 12.6. The Kier molecular flexibility index (Phi) is 5.84. The van der Waals surface area contributed by atoms with Gasteiger partial charge in [0.15, 0.2) is 9.84 Å². The lowest BCUT2D eigenvalue weighted by Gasteiger charge is -2.24. The first-order chi connectivity index (χ1) is 11.3. The van der Waals surface area contributed by atoms with Crippen molar-refractivity contribution in [2.24, 2.45) is 0 Å². The molecule has 7 nitrogen and oxygen atoms in total. The van der Waals surface area contributed by atoms with Crippen molar-refractivity contribution in [2.75, 3.05) is 39.5 Å². The van der Waals surface area contributed by atoms with Crippen LogP contribution in [0.5, 0.6) is 5.75 Å². The standard InChI is InChI=1S/C16H25N3O4S/c1-5-18-10-12(11-19(18)6-2)17-16(20)14-9-13(24(4,21)22)7-8-15(14)23-3/h7-9,12H,5-6,10-11H2,1-4H3,(H,17,20). The van der Waals surface area contributed by atoms with Gasteiger partial charge < -0.3 is 10.1 Å². The van der Waals surface area contributed by atoms with Crippen LogP contribution in [0.3, 0.4) is 0 Å². The zero-order valence-corrected chi connectivity index (χ0v) is 15.4. The number of methoxy groups -OCH3 is 1. The van der Waals surface area contributed by atoms with Crippen molar-refractivity contribution in [1.82, 2.24) is 15.3 Å². The second-order valence-electron chi connectivity index (χ2n) is 5.82. The van der Waals surface area contributed by atoms with Crippen LogP contribution in [0.4, 0.5) is 0 Å². The van der Waals surface area contributed by atoms with Crippen molar-refractivity contribution in [3.05, 3.63) is 23.8 Å². The normalized spacial score (nSPS) is 17.2. The lowest BCUT2D eigenvalue weighted by Crippen LogP contribution is -2.38. The molecule has 1 aromatic carbocycles. The third kappa shape index (κ3) is 4.06. The average Bonchev–Trinajstić information content (AvgIpc) is 2.95. The zero-order chi connectivity index (χ0) is 17.9. The fourth-order valence-corrected chi connectivity index (χ4v) is 3.55. The van der Waals surface area contributed by atoms with Crippen molar-refractivity contribution < 1.29 is 17.9 Å². The number of rotatable bonds is 6. The second kappa shape index (κ2) is 7.50. The summed E-state index contributed by atoms with van der Waals surface area (Å²) in [5.74, 6) is 0.0361. The minimum absolute atomic E-state index is 0.0102. The largest absolute Gasteiger partial charge is 0.496 e. The molecule has 0 atom stereocenters. The van der Waals surface area contributed by atoms with E-state index in [4.69, 9.17) is 4.74 Å². The van der Waals surface area contributed by atoms with Crippen LogP contribution >= 0.6 is 0 Å². The highest BCUT2D eigenvalue weighted by Crippen LogP contribution is 2.23. The number of likely N-dealkylation sites (N-methyl/N-ethyl adjacent to an activating group) is 2. The van der Waals surface area contributed by atoms with Crippen molar-refractivity contribution in [3.8, 4) is 5.75 Å². The number of sulfone groups is 1. The van der Waals surface area contributed by atoms with Gasteiger partial charge in [0.05, 0.1) is 23.6 Å². The lowest BCUT2D eigenvalue weighted by molar-refractivity contribution is 0.0388. The van der Waals surface area contributed by atoms with E-state index in [0.29, 0.717) is 5.75 Å². The van der Waals surface area contributed by atoms with Crippen molar-refractivity contribution in [3.63, 3.8) is 0 Å². The van der Waals surface area contributed by atoms with E-state index in [-0.39, 0.29) is 22.4 Å². The smallest absolute Gasteiger partial charge is 0.255 e. The van der Waals surface area contributed by atoms with E-state index in [2.05, 4.69) is 29.2 Å². The molecular formula is C16H25N3O4S. The Morgan fingerprint density at radius 3 is 2.29 bits per heavy atom. The Labute approximate surface area is 143 Å². The van der Waals surface area contributed by atoms with Gasteiger partial charge in [-0.3, -0.25) is 4.79 Å².